The molecule has 0 heterocycles. The van der Waals surface area contributed by atoms with E-state index in [9.17, 15) is 0 Å². The quantitative estimate of drug-likeness (QED) is 0.306. The Bertz CT molecular complexity index is 634. The summed E-state index contributed by atoms with van der Waals surface area (Å²) in [6.45, 7) is 2.28. The van der Waals surface area contributed by atoms with Gasteiger partial charge in [0, 0.05) is 6.08 Å². The van der Waals surface area contributed by atoms with Crippen molar-refractivity contribution in [2.24, 2.45) is 17.8 Å². The molecule has 0 aromatic heterocycles. The van der Waals surface area contributed by atoms with Crippen LogP contribution >= 0.6 is 0 Å². The summed E-state index contributed by atoms with van der Waals surface area (Å²) in [6.07, 6.45) is 22.9. The Morgan fingerprint density at radius 2 is 1.48 bits per heavy atom. The summed E-state index contributed by atoms with van der Waals surface area (Å²) in [7, 11) is 0. The van der Waals surface area contributed by atoms with Gasteiger partial charge in [0.1, 0.15) is 0 Å². The molecular weight excluding hydrogens is 350 g/mol. The molecule has 1 nitrogen and oxygen atoms in total. The highest BCUT2D eigenvalue weighted by atomic mass is 14.3. The standard InChI is InChI=1S/C28H41N/c1-2-3-4-6-23-14-18-27(19-15-23)28-20-16-26(17-21-28)13-12-25-10-8-24(9-11-25)7-5-22-29/h5,7,14-15,18-19,24-26,28H,2-4,6,8-13,16-17,20-21H2,1H3/b7-5+/t24-,25-,26-,28-. The Labute approximate surface area is 179 Å². The minimum atomic E-state index is 0.666. The Morgan fingerprint density at radius 1 is 0.862 bits per heavy atom. The number of allylic oxidation sites excluding steroid dienone is 2. The van der Waals surface area contributed by atoms with Gasteiger partial charge in [0.25, 0.3) is 0 Å². The van der Waals surface area contributed by atoms with Gasteiger partial charge in [-0.15, -0.1) is 0 Å². The highest BCUT2D eigenvalue weighted by Gasteiger charge is 2.24. The van der Waals surface area contributed by atoms with E-state index in [1.54, 1.807) is 11.6 Å². The number of benzene rings is 1. The van der Waals surface area contributed by atoms with Crippen LogP contribution in [0.5, 0.6) is 0 Å². The predicted octanol–water partition coefficient (Wildman–Crippen LogP) is 8.36. The molecule has 0 spiro atoms. The zero-order valence-electron chi connectivity index (χ0n) is 18.6. The minimum Gasteiger partial charge on any atom is -0.193 e. The van der Waals surface area contributed by atoms with Crippen molar-refractivity contribution in [2.75, 3.05) is 0 Å². The zero-order chi connectivity index (χ0) is 20.3. The zero-order valence-corrected chi connectivity index (χ0v) is 18.6. The van der Waals surface area contributed by atoms with E-state index in [2.05, 4.69) is 43.3 Å². The summed E-state index contributed by atoms with van der Waals surface area (Å²) in [4.78, 5) is 0. The van der Waals surface area contributed by atoms with Crippen molar-refractivity contribution in [3.8, 4) is 6.07 Å². The van der Waals surface area contributed by atoms with Crippen molar-refractivity contribution >= 4 is 0 Å². The smallest absolute Gasteiger partial charge is 0.0908 e. The molecular formula is C28H41N. The molecule has 0 saturated heterocycles. The van der Waals surface area contributed by atoms with Crippen LogP contribution in [0.2, 0.25) is 0 Å². The third-order valence-electron chi connectivity index (χ3n) is 7.68. The van der Waals surface area contributed by atoms with E-state index in [1.165, 1.54) is 95.5 Å². The molecule has 0 aliphatic heterocycles. The number of nitriles is 1. The van der Waals surface area contributed by atoms with Crippen LogP contribution in [0.4, 0.5) is 0 Å². The molecule has 2 fully saturated rings. The lowest BCUT2D eigenvalue weighted by molar-refractivity contribution is 0.246. The van der Waals surface area contributed by atoms with Gasteiger partial charge in [-0.05, 0) is 99.0 Å². The molecule has 0 atom stereocenters. The second-order valence-electron chi connectivity index (χ2n) is 9.76. The Morgan fingerprint density at radius 3 is 2.07 bits per heavy atom. The highest BCUT2D eigenvalue weighted by molar-refractivity contribution is 5.26. The summed E-state index contributed by atoms with van der Waals surface area (Å²) in [5, 5.41) is 8.68. The Hall–Kier alpha value is -1.55. The van der Waals surface area contributed by atoms with E-state index in [-0.39, 0.29) is 0 Å². The highest BCUT2D eigenvalue weighted by Crippen LogP contribution is 2.40. The summed E-state index contributed by atoms with van der Waals surface area (Å²) >= 11 is 0. The summed E-state index contributed by atoms with van der Waals surface area (Å²) in [5.74, 6) is 3.38. The second kappa shape index (κ2) is 12.2. The van der Waals surface area contributed by atoms with Crippen molar-refractivity contribution < 1.29 is 0 Å². The minimum absolute atomic E-state index is 0.666. The van der Waals surface area contributed by atoms with Crippen molar-refractivity contribution in [2.45, 2.75) is 103 Å². The molecule has 3 rings (SSSR count). The maximum absolute atomic E-state index is 8.68. The number of nitrogens with zero attached hydrogens (tertiary/aromatic N) is 1. The van der Waals surface area contributed by atoms with Crippen LogP contribution in [0.3, 0.4) is 0 Å². The first kappa shape index (κ1) is 22.1. The first-order valence-electron chi connectivity index (χ1n) is 12.4. The normalized spacial score (nSPS) is 27.7. The number of aryl methyl sites for hydroxylation is 1. The SMILES string of the molecule is CCCCCc1ccc([C@H]2CC[C@H](CC[C@H]3CC[C@H](/C=C/C#N)CC3)CC2)cc1. The first-order chi connectivity index (χ1) is 14.3. The van der Waals surface area contributed by atoms with Crippen molar-refractivity contribution in [1.29, 1.82) is 5.26 Å². The molecule has 1 aromatic carbocycles. The van der Waals surface area contributed by atoms with Gasteiger partial charge < -0.3 is 0 Å². The topological polar surface area (TPSA) is 23.8 Å². The lowest BCUT2D eigenvalue weighted by Crippen LogP contribution is -2.17. The largest absolute Gasteiger partial charge is 0.193 e. The lowest BCUT2D eigenvalue weighted by Gasteiger charge is -2.31. The molecule has 1 heteroatoms. The summed E-state index contributed by atoms with van der Waals surface area (Å²) in [6, 6.07) is 11.8. The fourth-order valence-electron chi connectivity index (χ4n) is 5.64. The number of hydrogen-bond donors (Lipinski definition) is 0. The molecule has 0 radical (unpaired) electrons. The predicted molar refractivity (Wildman–Crippen MR) is 124 cm³/mol. The number of hydrogen-bond acceptors (Lipinski definition) is 1. The fraction of sp³-hybridized carbons (Fsp3) is 0.679. The van der Waals surface area contributed by atoms with Crippen LogP contribution in [-0.2, 0) is 6.42 Å². The number of rotatable bonds is 9. The van der Waals surface area contributed by atoms with Gasteiger partial charge in [0.05, 0.1) is 6.07 Å². The number of unbranched alkanes of at least 4 members (excludes halogenated alkanes) is 2. The van der Waals surface area contributed by atoms with Crippen LogP contribution < -0.4 is 0 Å². The maximum atomic E-state index is 8.68. The maximum Gasteiger partial charge on any atom is 0.0908 e. The second-order valence-corrected chi connectivity index (χ2v) is 9.76. The van der Waals surface area contributed by atoms with Crippen LogP contribution in [0.25, 0.3) is 0 Å². The molecule has 0 unspecified atom stereocenters. The average Bonchev–Trinajstić information content (AvgIpc) is 2.78. The van der Waals surface area contributed by atoms with Gasteiger partial charge in [-0.2, -0.15) is 5.26 Å². The fourth-order valence-corrected chi connectivity index (χ4v) is 5.64. The van der Waals surface area contributed by atoms with Crippen LogP contribution in [0.15, 0.2) is 36.4 Å². The third kappa shape index (κ3) is 7.33. The van der Waals surface area contributed by atoms with E-state index in [1.807, 2.05) is 0 Å². The van der Waals surface area contributed by atoms with E-state index >= 15 is 0 Å². The van der Waals surface area contributed by atoms with E-state index in [4.69, 9.17) is 5.26 Å². The van der Waals surface area contributed by atoms with Gasteiger partial charge >= 0.3 is 0 Å². The molecule has 2 aliphatic carbocycles. The van der Waals surface area contributed by atoms with Gasteiger partial charge in [-0.1, -0.05) is 62.9 Å². The van der Waals surface area contributed by atoms with Gasteiger partial charge in [0.2, 0.25) is 0 Å². The van der Waals surface area contributed by atoms with E-state index in [0.29, 0.717) is 5.92 Å². The van der Waals surface area contributed by atoms with Crippen LogP contribution in [-0.4, -0.2) is 0 Å². The summed E-state index contributed by atoms with van der Waals surface area (Å²) < 4.78 is 0. The van der Waals surface area contributed by atoms with Gasteiger partial charge in [-0.25, -0.2) is 0 Å². The molecule has 0 bridgehead atoms. The molecule has 2 saturated carbocycles. The third-order valence-corrected chi connectivity index (χ3v) is 7.68. The van der Waals surface area contributed by atoms with Crippen LogP contribution in [0, 0.1) is 29.1 Å². The molecule has 0 amide bonds. The molecule has 1 aromatic rings. The Kier molecular flexibility index (Phi) is 9.33. The first-order valence-corrected chi connectivity index (χ1v) is 12.4. The van der Waals surface area contributed by atoms with E-state index < -0.39 is 0 Å². The monoisotopic (exact) mass is 391 g/mol. The Balaban J connectivity index is 1.33. The molecule has 2 aliphatic rings. The van der Waals surface area contributed by atoms with E-state index in [0.717, 1.165) is 17.8 Å². The van der Waals surface area contributed by atoms with Crippen LogP contribution in [0.1, 0.15) is 107 Å². The average molecular weight is 392 g/mol. The summed E-state index contributed by atoms with van der Waals surface area (Å²) in [5.41, 5.74) is 3.11. The van der Waals surface area contributed by atoms with Gasteiger partial charge in [-0.3, -0.25) is 0 Å². The molecule has 158 valence electrons. The van der Waals surface area contributed by atoms with Crippen molar-refractivity contribution in [3.63, 3.8) is 0 Å². The molecule has 0 N–H and O–H groups in total. The van der Waals surface area contributed by atoms with Crippen molar-refractivity contribution in [3.05, 3.63) is 47.5 Å². The molecule has 29 heavy (non-hydrogen) atoms. The lowest BCUT2D eigenvalue weighted by atomic mass is 9.74. The van der Waals surface area contributed by atoms with Gasteiger partial charge in [0.15, 0.2) is 0 Å². The van der Waals surface area contributed by atoms with Crippen molar-refractivity contribution in [1.82, 2.24) is 0 Å².